The first kappa shape index (κ1) is 12.8. The Labute approximate surface area is 102 Å². The highest BCUT2D eigenvalue weighted by molar-refractivity contribution is 9.10. The minimum Gasteiger partial charge on any atom is -0.369 e. The molecule has 0 aliphatic heterocycles. The highest BCUT2D eigenvalue weighted by Crippen LogP contribution is 2.20. The number of carbonyl (C=O) groups is 1. The highest BCUT2D eigenvalue weighted by atomic mass is 79.9. The van der Waals surface area contributed by atoms with E-state index in [9.17, 15) is 9.18 Å². The molecular weight excluding hydrogens is 275 g/mol. The van der Waals surface area contributed by atoms with Crippen LogP contribution in [0.15, 0.2) is 21.6 Å². The Morgan fingerprint density at radius 3 is 2.69 bits per heavy atom. The van der Waals surface area contributed by atoms with Crippen molar-refractivity contribution < 1.29 is 9.18 Å². The largest absolute Gasteiger partial charge is 0.369 e. The molecule has 0 atom stereocenters. The van der Waals surface area contributed by atoms with Crippen LogP contribution in [0.3, 0.4) is 0 Å². The van der Waals surface area contributed by atoms with E-state index in [0.717, 1.165) is 0 Å². The lowest BCUT2D eigenvalue weighted by Crippen LogP contribution is -2.10. The van der Waals surface area contributed by atoms with E-state index >= 15 is 0 Å². The van der Waals surface area contributed by atoms with Crippen LogP contribution in [0.25, 0.3) is 0 Å². The van der Waals surface area contributed by atoms with Crippen LogP contribution in [0.4, 0.5) is 4.39 Å². The third-order valence-corrected chi connectivity index (χ3v) is 2.51. The molecule has 1 aromatic carbocycles. The van der Waals surface area contributed by atoms with Crippen molar-refractivity contribution in [3.8, 4) is 0 Å². The van der Waals surface area contributed by atoms with Gasteiger partial charge in [-0.1, -0.05) is 0 Å². The van der Waals surface area contributed by atoms with Crippen LogP contribution in [-0.2, 0) is 0 Å². The molecule has 0 aliphatic carbocycles. The number of nitrogens with zero attached hydrogens (tertiary/aromatic N) is 2. The summed E-state index contributed by atoms with van der Waals surface area (Å²) in [7, 11) is 3.51. The maximum atomic E-state index is 13.3. The number of rotatable bonds is 2. The zero-order valence-corrected chi connectivity index (χ0v) is 10.9. The molecule has 86 valence electrons. The van der Waals surface area contributed by atoms with Crippen molar-refractivity contribution in [3.05, 3.63) is 33.5 Å². The van der Waals surface area contributed by atoms with Crippen molar-refractivity contribution >= 4 is 28.2 Å². The summed E-state index contributed by atoms with van der Waals surface area (Å²) in [6.07, 6.45) is 1.39. The predicted molar refractivity (Wildman–Crippen MR) is 65.3 cm³/mol. The lowest BCUT2D eigenvalue weighted by atomic mass is 10.1. The summed E-state index contributed by atoms with van der Waals surface area (Å²) in [6, 6.07) is 2.75. The summed E-state index contributed by atoms with van der Waals surface area (Å²) in [5.41, 5.74) is 0.966. The van der Waals surface area contributed by atoms with Crippen LogP contribution in [0.2, 0.25) is 0 Å². The van der Waals surface area contributed by atoms with Gasteiger partial charge in [0.15, 0.2) is 0 Å². The minimum atomic E-state index is -0.464. The monoisotopic (exact) mass is 286 g/mol. The first-order valence-electron chi connectivity index (χ1n) is 4.62. The normalized spacial score (nSPS) is 10.8. The predicted octanol–water partition coefficient (Wildman–Crippen LogP) is 2.63. The van der Waals surface area contributed by atoms with Gasteiger partial charge in [-0.15, -0.1) is 0 Å². The van der Waals surface area contributed by atoms with Gasteiger partial charge in [-0.3, -0.25) is 4.79 Å². The van der Waals surface area contributed by atoms with Gasteiger partial charge in [-0.05, 0) is 40.5 Å². The van der Waals surface area contributed by atoms with Crippen molar-refractivity contribution in [2.45, 2.75) is 6.92 Å². The average Bonchev–Trinajstić information content (AvgIpc) is 2.20. The molecule has 0 saturated heterocycles. The van der Waals surface area contributed by atoms with Gasteiger partial charge in [0.1, 0.15) is 5.82 Å². The SMILES string of the molecule is Cc1cc(Br)c(F)cc1C(=O)N=CN(C)C. The van der Waals surface area contributed by atoms with Crippen LogP contribution >= 0.6 is 15.9 Å². The first-order chi connectivity index (χ1) is 7.41. The van der Waals surface area contributed by atoms with Crippen LogP contribution in [0.5, 0.6) is 0 Å². The molecule has 0 heterocycles. The van der Waals surface area contributed by atoms with Gasteiger partial charge in [0.2, 0.25) is 0 Å². The molecule has 0 spiro atoms. The van der Waals surface area contributed by atoms with Gasteiger partial charge in [0, 0.05) is 19.7 Å². The number of aliphatic imine (C=N–C) groups is 1. The summed E-state index contributed by atoms with van der Waals surface area (Å²) in [6.45, 7) is 1.74. The second kappa shape index (κ2) is 5.21. The molecule has 16 heavy (non-hydrogen) atoms. The van der Waals surface area contributed by atoms with E-state index in [1.54, 1.807) is 32.0 Å². The summed E-state index contributed by atoms with van der Waals surface area (Å²) >= 11 is 3.06. The van der Waals surface area contributed by atoms with E-state index in [1.165, 1.54) is 12.4 Å². The first-order valence-corrected chi connectivity index (χ1v) is 5.41. The number of hydrogen-bond donors (Lipinski definition) is 0. The number of amides is 1. The Bertz CT molecular complexity index is 444. The summed E-state index contributed by atoms with van der Waals surface area (Å²) in [5, 5.41) is 0. The van der Waals surface area contributed by atoms with Gasteiger partial charge in [0.05, 0.1) is 10.8 Å². The molecule has 1 aromatic rings. The quantitative estimate of drug-likeness (QED) is 0.618. The van der Waals surface area contributed by atoms with E-state index in [1.807, 2.05) is 0 Å². The maximum absolute atomic E-state index is 13.3. The van der Waals surface area contributed by atoms with Crippen molar-refractivity contribution in [2.24, 2.45) is 4.99 Å². The molecule has 1 amide bonds. The molecule has 0 aliphatic rings. The number of aryl methyl sites for hydroxylation is 1. The van der Waals surface area contributed by atoms with Crippen molar-refractivity contribution in [1.29, 1.82) is 0 Å². The fourth-order valence-electron chi connectivity index (χ4n) is 1.11. The van der Waals surface area contributed by atoms with Crippen LogP contribution in [-0.4, -0.2) is 31.2 Å². The second-order valence-corrected chi connectivity index (χ2v) is 4.45. The van der Waals surface area contributed by atoms with Crippen LogP contribution in [0.1, 0.15) is 15.9 Å². The molecule has 0 radical (unpaired) electrons. The third kappa shape index (κ3) is 3.13. The summed E-state index contributed by atoms with van der Waals surface area (Å²) in [5.74, 6) is -0.911. The smallest absolute Gasteiger partial charge is 0.278 e. The van der Waals surface area contributed by atoms with E-state index in [0.29, 0.717) is 10.0 Å². The van der Waals surface area contributed by atoms with Gasteiger partial charge in [0.25, 0.3) is 5.91 Å². The Morgan fingerprint density at radius 2 is 2.12 bits per heavy atom. The topological polar surface area (TPSA) is 32.7 Å². The number of halogens is 2. The molecule has 3 nitrogen and oxygen atoms in total. The fraction of sp³-hybridized carbons (Fsp3) is 0.273. The zero-order chi connectivity index (χ0) is 12.3. The van der Waals surface area contributed by atoms with E-state index < -0.39 is 11.7 Å². The summed E-state index contributed by atoms with van der Waals surface area (Å²) < 4.78 is 13.6. The molecular formula is C11H12BrFN2O. The Kier molecular flexibility index (Phi) is 4.18. The number of hydrogen-bond acceptors (Lipinski definition) is 1. The summed E-state index contributed by atoms with van der Waals surface area (Å²) in [4.78, 5) is 17.0. The van der Waals surface area contributed by atoms with Gasteiger partial charge in [-0.25, -0.2) is 4.39 Å². The maximum Gasteiger partial charge on any atom is 0.278 e. The van der Waals surface area contributed by atoms with E-state index in [-0.39, 0.29) is 5.56 Å². The Hall–Kier alpha value is -1.23. The lowest BCUT2D eigenvalue weighted by molar-refractivity contribution is 0.100. The van der Waals surface area contributed by atoms with Crippen LogP contribution < -0.4 is 0 Å². The second-order valence-electron chi connectivity index (χ2n) is 3.59. The van der Waals surface area contributed by atoms with Gasteiger partial charge in [-0.2, -0.15) is 4.99 Å². The molecule has 0 N–H and O–H groups in total. The van der Waals surface area contributed by atoms with E-state index in [2.05, 4.69) is 20.9 Å². The van der Waals surface area contributed by atoms with Crippen molar-refractivity contribution in [2.75, 3.05) is 14.1 Å². The van der Waals surface area contributed by atoms with Crippen LogP contribution in [0, 0.1) is 12.7 Å². The van der Waals surface area contributed by atoms with Gasteiger partial charge < -0.3 is 4.90 Å². The molecule has 0 bridgehead atoms. The van der Waals surface area contributed by atoms with Crippen molar-refractivity contribution in [3.63, 3.8) is 0 Å². The van der Waals surface area contributed by atoms with Gasteiger partial charge >= 0.3 is 0 Å². The Balaban J connectivity index is 3.05. The Morgan fingerprint density at radius 1 is 1.50 bits per heavy atom. The molecule has 0 unspecified atom stereocenters. The van der Waals surface area contributed by atoms with E-state index in [4.69, 9.17) is 0 Å². The molecule has 0 saturated carbocycles. The highest BCUT2D eigenvalue weighted by Gasteiger charge is 2.11. The molecule has 1 rings (SSSR count). The minimum absolute atomic E-state index is 0.277. The molecule has 0 aromatic heterocycles. The average molecular weight is 287 g/mol. The number of carbonyl (C=O) groups excluding carboxylic acids is 1. The third-order valence-electron chi connectivity index (χ3n) is 1.90. The molecule has 5 heteroatoms. The molecule has 0 fully saturated rings. The fourth-order valence-corrected chi connectivity index (χ4v) is 1.57. The van der Waals surface area contributed by atoms with Crippen molar-refractivity contribution in [1.82, 2.24) is 4.90 Å². The zero-order valence-electron chi connectivity index (χ0n) is 9.29. The number of benzene rings is 1. The standard InChI is InChI=1S/C11H12BrFN2O/c1-7-4-9(12)10(13)5-8(7)11(16)14-6-15(2)3/h4-6H,1-3H3. The lowest BCUT2D eigenvalue weighted by Gasteiger charge is -2.05.